The second-order valence-corrected chi connectivity index (χ2v) is 9.33. The molecule has 164 valence electrons. The zero-order valence-corrected chi connectivity index (χ0v) is 17.9. The number of benzene rings is 2. The van der Waals surface area contributed by atoms with Crippen molar-refractivity contribution in [2.45, 2.75) is 36.7 Å². The molecule has 31 heavy (non-hydrogen) atoms. The molecule has 0 aliphatic carbocycles. The van der Waals surface area contributed by atoms with E-state index in [2.05, 4.69) is 5.32 Å². The molecule has 2 heterocycles. The summed E-state index contributed by atoms with van der Waals surface area (Å²) in [5.74, 6) is 0.356. The van der Waals surface area contributed by atoms with E-state index in [9.17, 15) is 18.0 Å². The van der Waals surface area contributed by atoms with Gasteiger partial charge in [0.05, 0.1) is 10.9 Å². The fourth-order valence-corrected chi connectivity index (χ4v) is 5.84. The van der Waals surface area contributed by atoms with Gasteiger partial charge in [0.1, 0.15) is 25.5 Å². The standard InChI is InChI=1S/C22H24N2O6S/c1-2-24-18(22(26)23-17(14-25)10-15-6-4-3-5-7-15)11-16-12-19-20(30-9-8-29-19)13-21(16)31(24,27)28/h3-7,12-14,17-18H,2,8-11H2,1H3,(H,23,26)/t17-,18?/m0/s1. The Bertz CT molecular complexity index is 1090. The molecule has 2 aromatic carbocycles. The first kappa shape index (κ1) is 21.3. The van der Waals surface area contributed by atoms with E-state index in [0.717, 1.165) is 5.56 Å². The fraction of sp³-hybridized carbons (Fsp3) is 0.364. The lowest BCUT2D eigenvalue weighted by molar-refractivity contribution is -0.127. The second-order valence-electron chi connectivity index (χ2n) is 7.47. The Morgan fingerprint density at radius 1 is 1.19 bits per heavy atom. The van der Waals surface area contributed by atoms with Crippen LogP contribution in [0.4, 0.5) is 0 Å². The van der Waals surface area contributed by atoms with Crippen LogP contribution in [0.25, 0.3) is 0 Å². The molecule has 2 aliphatic heterocycles. The van der Waals surface area contributed by atoms with Gasteiger partial charge in [-0.2, -0.15) is 4.31 Å². The van der Waals surface area contributed by atoms with Crippen molar-refractivity contribution < 1.29 is 27.5 Å². The van der Waals surface area contributed by atoms with E-state index in [4.69, 9.17) is 9.47 Å². The maximum Gasteiger partial charge on any atom is 0.244 e. The Labute approximate surface area is 181 Å². The van der Waals surface area contributed by atoms with E-state index < -0.39 is 28.0 Å². The molecule has 1 unspecified atom stereocenters. The number of nitrogens with zero attached hydrogens (tertiary/aromatic N) is 1. The summed E-state index contributed by atoms with van der Waals surface area (Å²) in [6.07, 6.45) is 1.19. The minimum Gasteiger partial charge on any atom is -0.486 e. The molecule has 0 spiro atoms. The van der Waals surface area contributed by atoms with Crippen molar-refractivity contribution >= 4 is 22.2 Å². The number of hydrogen-bond donors (Lipinski definition) is 1. The molecule has 9 heteroatoms. The number of rotatable bonds is 6. The summed E-state index contributed by atoms with van der Waals surface area (Å²) in [6.45, 7) is 2.54. The molecular formula is C22H24N2O6S. The summed E-state index contributed by atoms with van der Waals surface area (Å²) in [5.41, 5.74) is 1.40. The van der Waals surface area contributed by atoms with E-state index in [1.807, 2.05) is 30.3 Å². The topological polar surface area (TPSA) is 102 Å². The number of carbonyl (C=O) groups excluding carboxylic acids is 2. The summed E-state index contributed by atoms with van der Waals surface area (Å²) in [4.78, 5) is 24.8. The van der Waals surface area contributed by atoms with Crippen molar-refractivity contribution in [3.05, 3.63) is 53.6 Å². The van der Waals surface area contributed by atoms with E-state index in [-0.39, 0.29) is 17.9 Å². The monoisotopic (exact) mass is 444 g/mol. The van der Waals surface area contributed by atoms with Gasteiger partial charge in [0.2, 0.25) is 15.9 Å². The van der Waals surface area contributed by atoms with Crippen LogP contribution in [0.2, 0.25) is 0 Å². The number of nitrogens with one attached hydrogen (secondary N) is 1. The number of likely N-dealkylation sites (N-methyl/N-ethyl adjacent to an activating group) is 1. The van der Waals surface area contributed by atoms with E-state index >= 15 is 0 Å². The Morgan fingerprint density at radius 2 is 1.87 bits per heavy atom. The number of carbonyl (C=O) groups is 2. The highest BCUT2D eigenvalue weighted by Gasteiger charge is 2.42. The number of ether oxygens (including phenoxy) is 2. The maximum atomic E-state index is 13.3. The van der Waals surface area contributed by atoms with E-state index in [0.29, 0.717) is 43.0 Å². The highest BCUT2D eigenvalue weighted by molar-refractivity contribution is 7.89. The van der Waals surface area contributed by atoms with Crippen LogP contribution < -0.4 is 14.8 Å². The van der Waals surface area contributed by atoms with Gasteiger partial charge >= 0.3 is 0 Å². The SMILES string of the molecule is CCN1C(C(=O)N[C@H](C=O)Cc2ccccc2)Cc2cc3c(cc2S1(=O)=O)OCCO3. The zero-order valence-electron chi connectivity index (χ0n) is 17.1. The Balaban J connectivity index is 1.60. The molecule has 4 rings (SSSR count). The predicted octanol–water partition coefficient (Wildman–Crippen LogP) is 1.32. The average Bonchev–Trinajstić information content (AvgIpc) is 2.77. The molecule has 0 bridgehead atoms. The second kappa shape index (κ2) is 8.68. The highest BCUT2D eigenvalue weighted by atomic mass is 32.2. The molecule has 0 fully saturated rings. The molecule has 0 saturated heterocycles. The Morgan fingerprint density at radius 3 is 2.52 bits per heavy atom. The van der Waals surface area contributed by atoms with Crippen molar-refractivity contribution in [1.82, 2.24) is 9.62 Å². The molecular weight excluding hydrogens is 420 g/mol. The largest absolute Gasteiger partial charge is 0.486 e. The molecule has 2 atom stereocenters. The van der Waals surface area contributed by atoms with Gasteiger partial charge in [-0.3, -0.25) is 4.79 Å². The number of amides is 1. The van der Waals surface area contributed by atoms with Crippen LogP contribution in [-0.2, 0) is 32.5 Å². The predicted molar refractivity (Wildman–Crippen MR) is 113 cm³/mol. The molecule has 2 aliphatic rings. The van der Waals surface area contributed by atoms with Crippen molar-refractivity contribution in [3.63, 3.8) is 0 Å². The molecule has 0 aromatic heterocycles. The summed E-state index contributed by atoms with van der Waals surface area (Å²) in [5, 5.41) is 2.71. The number of sulfonamides is 1. The summed E-state index contributed by atoms with van der Waals surface area (Å²) in [6, 6.07) is 10.7. The van der Waals surface area contributed by atoms with Crippen LogP contribution in [-0.4, -0.2) is 56.8 Å². The number of hydrogen-bond acceptors (Lipinski definition) is 6. The van der Waals surface area contributed by atoms with Crippen LogP contribution in [0.5, 0.6) is 11.5 Å². The van der Waals surface area contributed by atoms with Crippen LogP contribution in [0.1, 0.15) is 18.1 Å². The first-order valence-corrected chi connectivity index (χ1v) is 11.6. The minimum absolute atomic E-state index is 0.124. The van der Waals surface area contributed by atoms with Gasteiger partial charge in [0, 0.05) is 12.6 Å². The normalized spacial score (nSPS) is 20.4. The summed E-state index contributed by atoms with van der Waals surface area (Å²) >= 11 is 0. The first-order valence-electron chi connectivity index (χ1n) is 10.2. The quantitative estimate of drug-likeness (QED) is 0.675. The lowest BCUT2D eigenvalue weighted by Crippen LogP contribution is -2.55. The molecule has 1 N–H and O–H groups in total. The highest BCUT2D eigenvalue weighted by Crippen LogP contribution is 2.39. The Kier molecular flexibility index (Phi) is 5.97. The van der Waals surface area contributed by atoms with Gasteiger partial charge in [-0.15, -0.1) is 0 Å². The van der Waals surface area contributed by atoms with Crippen molar-refractivity contribution in [2.24, 2.45) is 0 Å². The maximum absolute atomic E-state index is 13.3. The van der Waals surface area contributed by atoms with Crippen molar-refractivity contribution in [3.8, 4) is 11.5 Å². The Hall–Kier alpha value is -2.91. The third-order valence-electron chi connectivity index (χ3n) is 5.48. The third kappa shape index (κ3) is 4.15. The molecule has 2 aromatic rings. The van der Waals surface area contributed by atoms with Gasteiger partial charge in [0.25, 0.3) is 0 Å². The fourth-order valence-electron chi connectivity index (χ4n) is 4.01. The number of aldehydes is 1. The summed E-state index contributed by atoms with van der Waals surface area (Å²) in [7, 11) is -3.91. The third-order valence-corrected chi connectivity index (χ3v) is 7.54. The van der Waals surface area contributed by atoms with Gasteiger partial charge in [-0.25, -0.2) is 8.42 Å². The van der Waals surface area contributed by atoms with Crippen LogP contribution in [0.15, 0.2) is 47.4 Å². The van der Waals surface area contributed by atoms with E-state index in [1.54, 1.807) is 13.0 Å². The summed E-state index contributed by atoms with van der Waals surface area (Å²) < 4.78 is 38.8. The lowest BCUT2D eigenvalue weighted by Gasteiger charge is -2.35. The minimum atomic E-state index is -3.91. The molecule has 0 saturated carbocycles. The van der Waals surface area contributed by atoms with Gasteiger partial charge in [0.15, 0.2) is 11.5 Å². The van der Waals surface area contributed by atoms with Crippen LogP contribution in [0, 0.1) is 0 Å². The van der Waals surface area contributed by atoms with Gasteiger partial charge in [-0.1, -0.05) is 37.3 Å². The van der Waals surface area contributed by atoms with Gasteiger partial charge < -0.3 is 19.6 Å². The van der Waals surface area contributed by atoms with Crippen molar-refractivity contribution in [1.29, 1.82) is 0 Å². The average molecular weight is 445 g/mol. The van der Waals surface area contributed by atoms with Crippen molar-refractivity contribution in [2.75, 3.05) is 19.8 Å². The van der Waals surface area contributed by atoms with Crippen LogP contribution in [0.3, 0.4) is 0 Å². The molecule has 8 nitrogen and oxygen atoms in total. The van der Waals surface area contributed by atoms with E-state index in [1.165, 1.54) is 10.4 Å². The van der Waals surface area contributed by atoms with Crippen LogP contribution >= 0.6 is 0 Å². The first-order chi connectivity index (χ1) is 14.9. The zero-order chi connectivity index (χ0) is 22.0. The number of fused-ring (bicyclic) bond motifs is 2. The van der Waals surface area contributed by atoms with Gasteiger partial charge in [-0.05, 0) is 30.0 Å². The molecule has 1 amide bonds. The lowest BCUT2D eigenvalue weighted by atomic mass is 10.0. The molecule has 0 radical (unpaired) electrons. The smallest absolute Gasteiger partial charge is 0.244 e.